The minimum absolute atomic E-state index is 0.00634. The SMILES string of the molecule is CCOC(=O)C1=C(C(=O)OCC)c2cc3ccc([nH]3)c(-c3ccc(C#N)cc3)c3nc(c(-c4ccc(C#N)cc4)c4ccc(cc1n2)[nH]4)C=C3. The molecule has 0 amide bonds. The number of rotatable bonds is 6. The van der Waals surface area contributed by atoms with Gasteiger partial charge in [0.2, 0.25) is 0 Å². The Morgan fingerprint density at radius 3 is 1.42 bits per heavy atom. The van der Waals surface area contributed by atoms with Crippen LogP contribution in [0.15, 0.2) is 84.9 Å². The number of fused-ring (bicyclic) bond motifs is 8. The van der Waals surface area contributed by atoms with Gasteiger partial charge >= 0.3 is 11.9 Å². The van der Waals surface area contributed by atoms with Crippen LogP contribution in [0.4, 0.5) is 0 Å². The molecular weight excluding hydrogens is 628 g/mol. The van der Waals surface area contributed by atoms with E-state index in [1.54, 1.807) is 50.2 Å². The van der Waals surface area contributed by atoms with E-state index in [1.165, 1.54) is 0 Å². The molecule has 2 N–H and O–H groups in total. The average Bonchev–Trinajstić information content (AvgIpc) is 3.95. The Morgan fingerprint density at radius 2 is 1.04 bits per heavy atom. The van der Waals surface area contributed by atoms with E-state index in [-0.39, 0.29) is 35.7 Å². The molecule has 0 radical (unpaired) electrons. The van der Waals surface area contributed by atoms with E-state index in [0.29, 0.717) is 33.5 Å². The quantitative estimate of drug-likeness (QED) is 0.174. The Kier molecular flexibility index (Phi) is 8.35. The molecule has 5 heterocycles. The summed E-state index contributed by atoms with van der Waals surface area (Å²) in [4.78, 5) is 43.7. The molecule has 50 heavy (non-hydrogen) atoms. The van der Waals surface area contributed by atoms with Crippen molar-refractivity contribution in [1.82, 2.24) is 19.9 Å². The van der Waals surface area contributed by atoms with Crippen molar-refractivity contribution in [2.24, 2.45) is 0 Å². The van der Waals surface area contributed by atoms with Gasteiger partial charge in [-0.1, -0.05) is 24.3 Å². The average molecular weight is 657 g/mol. The lowest BCUT2D eigenvalue weighted by Gasteiger charge is -2.07. The lowest BCUT2D eigenvalue weighted by atomic mass is 10.0. The zero-order valence-corrected chi connectivity index (χ0v) is 27.1. The van der Waals surface area contributed by atoms with Crippen molar-refractivity contribution in [2.75, 3.05) is 13.2 Å². The molecule has 10 nitrogen and oxygen atoms in total. The fourth-order valence-corrected chi connectivity index (χ4v) is 6.05. The molecule has 0 unspecified atom stereocenters. The predicted molar refractivity (Wildman–Crippen MR) is 190 cm³/mol. The molecule has 7 rings (SSSR count). The maximum absolute atomic E-state index is 13.4. The summed E-state index contributed by atoms with van der Waals surface area (Å²) in [7, 11) is 0. The first-order chi connectivity index (χ1) is 24.4. The third kappa shape index (κ3) is 5.83. The summed E-state index contributed by atoms with van der Waals surface area (Å²) < 4.78 is 10.8. The molecule has 2 aliphatic heterocycles. The second-order valence-electron chi connectivity index (χ2n) is 11.4. The van der Waals surface area contributed by atoms with Gasteiger partial charge < -0.3 is 19.4 Å². The van der Waals surface area contributed by atoms with E-state index in [9.17, 15) is 20.1 Å². The highest BCUT2D eigenvalue weighted by molar-refractivity contribution is 6.38. The molecule has 2 aliphatic rings. The van der Waals surface area contributed by atoms with Crippen LogP contribution in [0.5, 0.6) is 0 Å². The van der Waals surface area contributed by atoms with Crippen LogP contribution in [0.1, 0.15) is 47.8 Å². The van der Waals surface area contributed by atoms with Crippen molar-refractivity contribution in [2.45, 2.75) is 13.8 Å². The van der Waals surface area contributed by atoms with Crippen molar-refractivity contribution in [1.29, 1.82) is 10.5 Å². The van der Waals surface area contributed by atoms with Gasteiger partial charge in [0.15, 0.2) is 0 Å². The summed E-state index contributed by atoms with van der Waals surface area (Å²) in [6.07, 6.45) is 3.89. The summed E-state index contributed by atoms with van der Waals surface area (Å²) in [5.74, 6) is -1.39. The van der Waals surface area contributed by atoms with Crippen LogP contribution in [0, 0.1) is 22.7 Å². The van der Waals surface area contributed by atoms with Crippen LogP contribution in [-0.4, -0.2) is 45.1 Å². The van der Waals surface area contributed by atoms with Gasteiger partial charge in [-0.2, -0.15) is 10.5 Å². The van der Waals surface area contributed by atoms with Crippen LogP contribution in [0.2, 0.25) is 0 Å². The Hall–Kier alpha value is -7.04. The highest BCUT2D eigenvalue weighted by atomic mass is 16.5. The molecule has 5 aromatic rings. The monoisotopic (exact) mass is 656 g/mol. The lowest BCUT2D eigenvalue weighted by molar-refractivity contribution is -0.138. The Balaban J connectivity index is 1.62. The summed E-state index contributed by atoms with van der Waals surface area (Å²) in [6, 6.07) is 29.7. The van der Waals surface area contributed by atoms with Crippen molar-refractivity contribution >= 4 is 57.3 Å². The molecule has 0 spiro atoms. The number of benzene rings is 2. The van der Waals surface area contributed by atoms with Gasteiger partial charge in [-0.25, -0.2) is 19.6 Å². The van der Waals surface area contributed by atoms with Crippen LogP contribution in [0.25, 0.3) is 67.6 Å². The molecule has 0 atom stereocenters. The lowest BCUT2D eigenvalue weighted by Crippen LogP contribution is -2.12. The van der Waals surface area contributed by atoms with Gasteiger partial charge in [0.1, 0.15) is 11.1 Å². The first-order valence-electron chi connectivity index (χ1n) is 15.9. The fraction of sp³-hybridized carbons (Fsp3) is 0.100. The van der Waals surface area contributed by atoms with Gasteiger partial charge in [-0.15, -0.1) is 0 Å². The maximum atomic E-state index is 13.4. The van der Waals surface area contributed by atoms with Crippen LogP contribution < -0.4 is 0 Å². The zero-order chi connectivity index (χ0) is 34.8. The van der Waals surface area contributed by atoms with Crippen molar-refractivity contribution in [3.05, 3.63) is 119 Å². The number of aromatic amines is 2. The fourth-order valence-electron chi connectivity index (χ4n) is 6.05. The van der Waals surface area contributed by atoms with E-state index in [4.69, 9.17) is 19.4 Å². The molecule has 10 heteroatoms. The third-order valence-electron chi connectivity index (χ3n) is 8.26. The van der Waals surface area contributed by atoms with Gasteiger partial charge in [0, 0.05) is 33.2 Å². The van der Waals surface area contributed by atoms with E-state index in [2.05, 4.69) is 22.1 Å². The molecule has 0 saturated heterocycles. The second kappa shape index (κ2) is 13.2. The number of nitrogens with one attached hydrogen (secondary N) is 2. The first-order valence-corrected chi connectivity index (χ1v) is 15.9. The van der Waals surface area contributed by atoms with Crippen LogP contribution in [0.3, 0.4) is 0 Å². The first kappa shape index (κ1) is 31.6. The Morgan fingerprint density at radius 1 is 0.620 bits per heavy atom. The van der Waals surface area contributed by atoms with Crippen LogP contribution >= 0.6 is 0 Å². The summed E-state index contributed by atoms with van der Waals surface area (Å²) in [5.41, 5.74) is 8.78. The largest absolute Gasteiger partial charge is 0.462 e. The molecule has 0 saturated carbocycles. The molecule has 0 aliphatic carbocycles. The number of esters is 2. The molecular formula is C40H28N6O4. The number of hydrogen-bond donors (Lipinski definition) is 2. The zero-order valence-electron chi connectivity index (χ0n) is 27.1. The molecule has 242 valence electrons. The summed E-state index contributed by atoms with van der Waals surface area (Å²) in [6.45, 7) is 3.59. The van der Waals surface area contributed by atoms with Gasteiger partial charge in [0.25, 0.3) is 0 Å². The maximum Gasteiger partial charge on any atom is 0.341 e. The normalized spacial score (nSPS) is 11.9. The summed E-state index contributed by atoms with van der Waals surface area (Å²) >= 11 is 0. The summed E-state index contributed by atoms with van der Waals surface area (Å²) in [5, 5.41) is 18.9. The minimum Gasteiger partial charge on any atom is -0.462 e. The van der Waals surface area contributed by atoms with E-state index in [1.807, 2.05) is 60.7 Å². The van der Waals surface area contributed by atoms with Crippen molar-refractivity contribution < 1.29 is 19.1 Å². The van der Waals surface area contributed by atoms with E-state index < -0.39 is 11.9 Å². The smallest absolute Gasteiger partial charge is 0.341 e. The number of nitrogens with zero attached hydrogens (tertiary/aromatic N) is 4. The van der Waals surface area contributed by atoms with Gasteiger partial charge in [0.05, 0.1) is 59.3 Å². The van der Waals surface area contributed by atoms with Gasteiger partial charge in [-0.05, 0) is 97.8 Å². The molecule has 0 fully saturated rings. The molecule has 8 bridgehead atoms. The standard InChI is InChI=1S/C40H28N6O4/c1-3-49-39(47)37-33-19-27-13-15-29(43-27)35(25-9-5-23(21-41)6-10-25)31-17-18-32(45-31)36(26-11-7-24(22-42)8-12-26)30-16-14-28(44-30)20-34(46-33)38(37)40(48)50-4-2/h5-20,43-44H,3-4H2,1-2H3. The highest BCUT2D eigenvalue weighted by Gasteiger charge is 2.32. The number of carbonyl (C=O) groups is 2. The van der Waals surface area contributed by atoms with Gasteiger partial charge in [-0.3, -0.25) is 0 Å². The number of hydrogen-bond acceptors (Lipinski definition) is 8. The van der Waals surface area contributed by atoms with Crippen molar-refractivity contribution in [3.63, 3.8) is 0 Å². The number of H-pyrrole nitrogens is 2. The Labute approximate surface area is 286 Å². The number of aromatic nitrogens is 4. The Bertz CT molecular complexity index is 2340. The van der Waals surface area contributed by atoms with Crippen molar-refractivity contribution in [3.8, 4) is 34.4 Å². The third-order valence-corrected chi connectivity index (χ3v) is 8.26. The topological polar surface area (TPSA) is 158 Å². The van der Waals surface area contributed by atoms with Crippen LogP contribution in [-0.2, 0) is 19.1 Å². The minimum atomic E-state index is -0.694. The molecule has 3 aromatic heterocycles. The second-order valence-corrected chi connectivity index (χ2v) is 11.4. The highest BCUT2D eigenvalue weighted by Crippen LogP contribution is 2.36. The predicted octanol–water partition coefficient (Wildman–Crippen LogP) is 7.60. The van der Waals surface area contributed by atoms with E-state index >= 15 is 0 Å². The number of nitriles is 2. The number of ether oxygens (including phenoxy) is 2. The van der Waals surface area contributed by atoms with E-state index in [0.717, 1.165) is 33.3 Å². The molecule has 2 aromatic carbocycles. The number of carbonyl (C=O) groups excluding carboxylic acids is 2.